The van der Waals surface area contributed by atoms with Crippen molar-refractivity contribution in [2.75, 3.05) is 17.7 Å². The molecule has 0 radical (unpaired) electrons. The molecule has 1 amide bonds. The third kappa shape index (κ3) is 5.18. The molecule has 0 aromatic heterocycles. The average Bonchev–Trinajstić information content (AvgIpc) is 2.55. The second-order valence-electron chi connectivity index (χ2n) is 5.20. The van der Waals surface area contributed by atoms with Gasteiger partial charge in [0.15, 0.2) is 0 Å². The fraction of sp³-hybridized carbons (Fsp3) is 0.278. The molecule has 23 heavy (non-hydrogen) atoms. The smallest absolute Gasteiger partial charge is 0.224 e. The Bertz CT molecular complexity index is 674. The van der Waals surface area contributed by atoms with Gasteiger partial charge >= 0.3 is 0 Å². The van der Waals surface area contributed by atoms with Crippen LogP contribution in [0.4, 0.5) is 11.4 Å². The summed E-state index contributed by atoms with van der Waals surface area (Å²) in [6, 6.07) is 13.2. The molecule has 0 aliphatic rings. The molecule has 2 rings (SSSR count). The second kappa shape index (κ2) is 8.44. The maximum Gasteiger partial charge on any atom is 0.224 e. The molecule has 0 spiro atoms. The van der Waals surface area contributed by atoms with Gasteiger partial charge in [-0.15, -0.1) is 0 Å². The monoisotopic (exact) mass is 332 g/mol. The highest BCUT2D eigenvalue weighted by atomic mass is 35.5. The van der Waals surface area contributed by atoms with E-state index < -0.39 is 0 Å². The zero-order valence-electron chi connectivity index (χ0n) is 13.4. The summed E-state index contributed by atoms with van der Waals surface area (Å²) < 4.78 is 5.22. The van der Waals surface area contributed by atoms with Crippen molar-refractivity contribution in [3.05, 3.63) is 53.1 Å². The Hall–Kier alpha value is -2.20. The fourth-order valence-electron chi connectivity index (χ4n) is 2.17. The first-order valence-electron chi connectivity index (χ1n) is 7.58. The van der Waals surface area contributed by atoms with Crippen molar-refractivity contribution in [3.63, 3.8) is 0 Å². The number of ether oxygens (including phenoxy) is 1. The van der Waals surface area contributed by atoms with E-state index in [-0.39, 0.29) is 5.91 Å². The van der Waals surface area contributed by atoms with Crippen LogP contribution >= 0.6 is 11.6 Å². The third-order valence-corrected chi connectivity index (χ3v) is 3.67. The van der Waals surface area contributed by atoms with Crippen molar-refractivity contribution in [2.24, 2.45) is 0 Å². The maximum atomic E-state index is 11.7. The highest BCUT2D eigenvalue weighted by molar-refractivity contribution is 6.33. The van der Waals surface area contributed by atoms with Crippen molar-refractivity contribution < 1.29 is 9.53 Å². The van der Waals surface area contributed by atoms with E-state index in [9.17, 15) is 4.79 Å². The molecule has 0 saturated heterocycles. The minimum atomic E-state index is 0.00793. The Morgan fingerprint density at radius 3 is 2.78 bits per heavy atom. The number of carbonyl (C=O) groups is 1. The van der Waals surface area contributed by atoms with Gasteiger partial charge in [-0.3, -0.25) is 4.79 Å². The largest absolute Gasteiger partial charge is 0.497 e. The summed E-state index contributed by atoms with van der Waals surface area (Å²) in [6.07, 6.45) is 1.33. The van der Waals surface area contributed by atoms with E-state index in [2.05, 4.69) is 10.6 Å². The normalized spacial score (nSPS) is 10.2. The van der Waals surface area contributed by atoms with Crippen LogP contribution in [0.2, 0.25) is 5.02 Å². The molecule has 2 aromatic rings. The van der Waals surface area contributed by atoms with Gasteiger partial charge in [-0.25, -0.2) is 0 Å². The summed E-state index contributed by atoms with van der Waals surface area (Å²) in [5, 5.41) is 6.77. The molecule has 0 atom stereocenters. The zero-order valence-corrected chi connectivity index (χ0v) is 14.1. The number of amides is 1. The lowest BCUT2D eigenvalue weighted by Crippen LogP contribution is -2.11. The number of benzene rings is 2. The van der Waals surface area contributed by atoms with Gasteiger partial charge in [-0.05, 0) is 42.3 Å². The topological polar surface area (TPSA) is 50.4 Å². The first-order chi connectivity index (χ1) is 11.1. The summed E-state index contributed by atoms with van der Waals surface area (Å²) in [6.45, 7) is 2.59. The summed E-state index contributed by atoms with van der Waals surface area (Å²) in [4.78, 5) is 11.7. The quantitative estimate of drug-likeness (QED) is 0.772. The van der Waals surface area contributed by atoms with E-state index in [0.717, 1.165) is 29.1 Å². The molecule has 122 valence electrons. The molecule has 0 aliphatic carbocycles. The molecule has 0 fully saturated rings. The minimum Gasteiger partial charge on any atom is -0.497 e. The van der Waals surface area contributed by atoms with Crippen molar-refractivity contribution in [1.29, 1.82) is 0 Å². The molecule has 5 heteroatoms. The molecule has 4 nitrogen and oxygen atoms in total. The summed E-state index contributed by atoms with van der Waals surface area (Å²) in [5.74, 6) is 0.824. The Kier molecular flexibility index (Phi) is 6.29. The van der Waals surface area contributed by atoms with E-state index in [1.54, 1.807) is 19.2 Å². The number of halogens is 1. The molecular formula is C18H21ClN2O2. The highest BCUT2D eigenvalue weighted by Crippen LogP contribution is 2.26. The van der Waals surface area contributed by atoms with Crippen LogP contribution in [0.15, 0.2) is 42.5 Å². The van der Waals surface area contributed by atoms with Crippen molar-refractivity contribution in [3.8, 4) is 5.75 Å². The Labute approximate surface area is 141 Å². The van der Waals surface area contributed by atoms with Gasteiger partial charge in [0.05, 0.1) is 17.8 Å². The van der Waals surface area contributed by atoms with E-state index >= 15 is 0 Å². The van der Waals surface area contributed by atoms with Crippen LogP contribution < -0.4 is 15.4 Å². The van der Waals surface area contributed by atoms with Gasteiger partial charge in [-0.1, -0.05) is 30.7 Å². The molecular weight excluding hydrogens is 312 g/mol. The molecule has 0 unspecified atom stereocenters. The third-order valence-electron chi connectivity index (χ3n) is 3.34. The number of anilines is 2. The van der Waals surface area contributed by atoms with Gasteiger partial charge in [0.2, 0.25) is 5.91 Å². The standard InChI is InChI=1S/C18H21ClN2O2/c1-3-5-18(22)21-14-8-9-16(19)17(11-14)20-12-13-6-4-7-15(10-13)23-2/h4,6-11,20H,3,5,12H2,1-2H3,(H,21,22). The molecule has 0 aliphatic heterocycles. The lowest BCUT2D eigenvalue weighted by atomic mass is 10.2. The Balaban J connectivity index is 2.05. The summed E-state index contributed by atoms with van der Waals surface area (Å²) in [5.41, 5.74) is 2.60. The molecule has 2 N–H and O–H groups in total. The minimum absolute atomic E-state index is 0.00793. The number of hydrogen-bond acceptors (Lipinski definition) is 3. The van der Waals surface area contributed by atoms with Crippen LogP contribution in [0.3, 0.4) is 0 Å². The predicted molar refractivity (Wildman–Crippen MR) is 95.3 cm³/mol. The van der Waals surface area contributed by atoms with Crippen LogP contribution in [-0.4, -0.2) is 13.0 Å². The highest BCUT2D eigenvalue weighted by Gasteiger charge is 2.05. The van der Waals surface area contributed by atoms with Crippen LogP contribution in [0.25, 0.3) is 0 Å². The average molecular weight is 333 g/mol. The fourth-order valence-corrected chi connectivity index (χ4v) is 2.35. The van der Waals surface area contributed by atoms with Gasteiger partial charge < -0.3 is 15.4 Å². The van der Waals surface area contributed by atoms with Crippen molar-refractivity contribution >= 4 is 28.9 Å². The van der Waals surface area contributed by atoms with Crippen LogP contribution in [0.1, 0.15) is 25.3 Å². The SMILES string of the molecule is CCCC(=O)Nc1ccc(Cl)c(NCc2cccc(OC)c2)c1. The first kappa shape index (κ1) is 17.2. The predicted octanol–water partition coefficient (Wildman–Crippen LogP) is 4.70. The lowest BCUT2D eigenvalue weighted by Gasteiger charge is -2.12. The van der Waals surface area contributed by atoms with E-state index in [4.69, 9.17) is 16.3 Å². The lowest BCUT2D eigenvalue weighted by molar-refractivity contribution is -0.116. The zero-order chi connectivity index (χ0) is 16.7. The van der Waals surface area contributed by atoms with E-state index in [0.29, 0.717) is 18.0 Å². The first-order valence-corrected chi connectivity index (χ1v) is 7.96. The van der Waals surface area contributed by atoms with Gasteiger partial charge in [0, 0.05) is 18.7 Å². The number of methoxy groups -OCH3 is 1. The summed E-state index contributed by atoms with van der Waals surface area (Å²) >= 11 is 6.22. The van der Waals surface area contributed by atoms with E-state index in [1.165, 1.54) is 0 Å². The van der Waals surface area contributed by atoms with E-state index in [1.807, 2.05) is 37.3 Å². The van der Waals surface area contributed by atoms with Gasteiger partial charge in [0.25, 0.3) is 0 Å². The molecule has 0 saturated carbocycles. The van der Waals surface area contributed by atoms with Crippen molar-refractivity contribution in [1.82, 2.24) is 0 Å². The Morgan fingerprint density at radius 2 is 2.04 bits per heavy atom. The Morgan fingerprint density at radius 1 is 1.22 bits per heavy atom. The number of nitrogens with one attached hydrogen (secondary N) is 2. The van der Waals surface area contributed by atoms with Crippen LogP contribution in [0, 0.1) is 0 Å². The van der Waals surface area contributed by atoms with Crippen LogP contribution in [0.5, 0.6) is 5.75 Å². The molecule has 2 aromatic carbocycles. The number of carbonyl (C=O) groups excluding carboxylic acids is 1. The second-order valence-corrected chi connectivity index (χ2v) is 5.61. The van der Waals surface area contributed by atoms with Gasteiger partial charge in [0.1, 0.15) is 5.75 Å². The maximum absolute atomic E-state index is 11.7. The molecule has 0 bridgehead atoms. The van der Waals surface area contributed by atoms with Crippen molar-refractivity contribution in [2.45, 2.75) is 26.3 Å². The molecule has 0 heterocycles. The number of hydrogen-bond donors (Lipinski definition) is 2. The van der Waals surface area contributed by atoms with Crippen LogP contribution in [-0.2, 0) is 11.3 Å². The van der Waals surface area contributed by atoms with Gasteiger partial charge in [-0.2, -0.15) is 0 Å². The number of rotatable bonds is 7. The summed E-state index contributed by atoms with van der Waals surface area (Å²) in [7, 11) is 1.64.